The zero-order chi connectivity index (χ0) is 6.69. The molecule has 0 amide bonds. The van der Waals surface area contributed by atoms with Crippen LogP contribution in [0.3, 0.4) is 0 Å². The van der Waals surface area contributed by atoms with Crippen LogP contribution in [0, 0.1) is 0 Å². The van der Waals surface area contributed by atoms with E-state index in [1.165, 1.54) is 19.3 Å². The molecule has 1 aliphatic carbocycles. The smallest absolute Gasteiger partial charge is 0.269 e. The first-order chi connectivity index (χ1) is 4.33. The van der Waals surface area contributed by atoms with E-state index in [4.69, 9.17) is 0 Å². The number of hydrogen-bond acceptors (Lipinski definition) is 0. The summed E-state index contributed by atoms with van der Waals surface area (Å²) in [7, 11) is 0. The van der Waals surface area contributed by atoms with Crippen LogP contribution in [-0.4, -0.2) is 0 Å². The fraction of sp³-hybridized carbons (Fsp3) is 0.500. The average Bonchev–Trinajstić information content (AvgIpc) is 2.17. The van der Waals surface area contributed by atoms with Gasteiger partial charge in [0.25, 0.3) is 0 Å². The van der Waals surface area contributed by atoms with Gasteiger partial charge in [-0.25, -0.2) is 0 Å². The Balaban J connectivity index is 0. The van der Waals surface area contributed by atoms with Crippen LogP contribution in [0.4, 0.5) is 9.41 Å². The maximum absolute atomic E-state index is 2.35. The van der Waals surface area contributed by atoms with Gasteiger partial charge in [0, 0.05) is 0 Å². The van der Waals surface area contributed by atoms with Gasteiger partial charge >= 0.3 is 71.9 Å². The molecule has 0 aromatic carbocycles. The second-order valence-electron chi connectivity index (χ2n) is 2.40. The van der Waals surface area contributed by atoms with Gasteiger partial charge < -0.3 is 0 Å². The minimum absolute atomic E-state index is 0. The van der Waals surface area contributed by atoms with E-state index >= 15 is 0 Å². The third kappa shape index (κ3) is 4.63. The molecule has 0 unspecified atom stereocenters. The molecule has 63 valence electrons. The molecule has 0 bridgehead atoms. The van der Waals surface area contributed by atoms with Crippen molar-refractivity contribution in [3.05, 3.63) is 21.0 Å². The Hall–Kier alpha value is 0.223. The van der Waals surface area contributed by atoms with Crippen molar-refractivity contribution < 1.29 is 34.1 Å². The number of halogens is 2. The summed E-state index contributed by atoms with van der Waals surface area (Å²) < 4.78 is 1.60. The molecular weight excluding hydrogens is 225 g/mol. The Morgan fingerprint density at radius 2 is 2.09 bits per heavy atom. The zero-order valence-corrected chi connectivity index (χ0v) is 9.05. The number of allylic oxidation sites excluding steroid dienone is 4. The third-order valence-corrected chi connectivity index (χ3v) is 2.34. The SMILES string of the molecule is CCCC1=CC[C]([Zr])=C1.F.F. The monoisotopic (exact) mass is 237 g/mol. The quantitative estimate of drug-likeness (QED) is 0.694. The van der Waals surface area contributed by atoms with Crippen molar-refractivity contribution in [2.45, 2.75) is 26.2 Å². The van der Waals surface area contributed by atoms with Crippen molar-refractivity contribution in [1.82, 2.24) is 0 Å². The zero-order valence-electron chi connectivity index (χ0n) is 6.59. The molecule has 0 aromatic heterocycles. The maximum atomic E-state index is 2.35. The molecule has 3 heteroatoms. The van der Waals surface area contributed by atoms with Gasteiger partial charge in [-0.2, -0.15) is 0 Å². The molecule has 0 N–H and O–H groups in total. The Kier molecular flexibility index (Phi) is 8.65. The predicted octanol–water partition coefficient (Wildman–Crippen LogP) is 2.85. The summed E-state index contributed by atoms with van der Waals surface area (Å²) in [5.74, 6) is 0. The van der Waals surface area contributed by atoms with Gasteiger partial charge in [0.15, 0.2) is 0 Å². The van der Waals surface area contributed by atoms with Gasteiger partial charge in [0.2, 0.25) is 0 Å². The maximum Gasteiger partial charge on any atom is -0.269 e. The Morgan fingerprint density at radius 3 is 2.45 bits per heavy atom. The van der Waals surface area contributed by atoms with Crippen molar-refractivity contribution >= 4 is 0 Å². The van der Waals surface area contributed by atoms with Crippen LogP contribution in [0.25, 0.3) is 0 Å². The van der Waals surface area contributed by atoms with Crippen LogP contribution in [0.2, 0.25) is 0 Å². The Labute approximate surface area is 81.3 Å². The summed E-state index contributed by atoms with van der Waals surface area (Å²) in [6.45, 7) is 2.23. The molecule has 0 saturated carbocycles. The van der Waals surface area contributed by atoms with Crippen molar-refractivity contribution in [2.75, 3.05) is 0 Å². The third-order valence-electron chi connectivity index (χ3n) is 1.48. The standard InChI is InChI=1S/C8H11.2FH.Zr/c1-2-5-8-6-3-4-7-8;;;/h6-7H,2-3,5H2,1H3;2*1H;. The summed E-state index contributed by atoms with van der Waals surface area (Å²) >= 11 is 1.59. The molecule has 0 spiro atoms. The predicted molar refractivity (Wildman–Crippen MR) is 40.7 cm³/mol. The van der Waals surface area contributed by atoms with E-state index < -0.39 is 0 Å². The van der Waals surface area contributed by atoms with E-state index in [-0.39, 0.29) is 9.41 Å². The molecular formula is C8H13F2Zr. The summed E-state index contributed by atoms with van der Waals surface area (Å²) in [4.78, 5) is 0. The van der Waals surface area contributed by atoms with Gasteiger partial charge in [-0.15, -0.1) is 0 Å². The molecule has 0 heterocycles. The van der Waals surface area contributed by atoms with E-state index in [9.17, 15) is 0 Å². The van der Waals surface area contributed by atoms with E-state index in [0.717, 1.165) is 0 Å². The Morgan fingerprint density at radius 1 is 1.45 bits per heavy atom. The van der Waals surface area contributed by atoms with Crippen LogP contribution in [0.5, 0.6) is 0 Å². The van der Waals surface area contributed by atoms with Crippen LogP contribution in [0.15, 0.2) is 21.0 Å². The largest absolute Gasteiger partial charge is 0.269 e. The first kappa shape index (κ1) is 13.8. The van der Waals surface area contributed by atoms with Crippen molar-refractivity contribution in [3.8, 4) is 0 Å². The topological polar surface area (TPSA) is 0 Å². The van der Waals surface area contributed by atoms with E-state index in [2.05, 4.69) is 19.1 Å². The summed E-state index contributed by atoms with van der Waals surface area (Å²) in [6, 6.07) is 0. The number of rotatable bonds is 2. The average molecular weight is 238 g/mol. The molecule has 1 aliphatic rings. The molecule has 0 fully saturated rings. The van der Waals surface area contributed by atoms with Crippen LogP contribution in [-0.2, 0) is 24.7 Å². The van der Waals surface area contributed by atoms with E-state index in [1.54, 1.807) is 33.6 Å². The fourth-order valence-corrected chi connectivity index (χ4v) is 1.75. The van der Waals surface area contributed by atoms with Crippen LogP contribution in [0.1, 0.15) is 26.2 Å². The molecule has 1 rings (SSSR count). The summed E-state index contributed by atoms with van der Waals surface area (Å²) in [6.07, 6.45) is 8.49. The molecule has 0 aliphatic heterocycles. The molecule has 11 heavy (non-hydrogen) atoms. The van der Waals surface area contributed by atoms with Gasteiger partial charge in [-0.3, -0.25) is 9.41 Å². The first-order valence-corrected chi connectivity index (χ1v) is 4.67. The van der Waals surface area contributed by atoms with Crippen LogP contribution >= 0.6 is 0 Å². The number of hydrogen-bond donors (Lipinski definition) is 0. The molecule has 0 nitrogen and oxygen atoms in total. The second kappa shape index (κ2) is 6.90. The normalized spacial score (nSPS) is 14.2. The summed E-state index contributed by atoms with van der Waals surface area (Å²) in [5, 5.41) is 0. The molecule has 0 saturated heterocycles. The van der Waals surface area contributed by atoms with E-state index in [0.29, 0.717) is 0 Å². The molecule has 0 atom stereocenters. The van der Waals surface area contributed by atoms with Crippen molar-refractivity contribution in [2.24, 2.45) is 0 Å². The van der Waals surface area contributed by atoms with E-state index in [1.807, 2.05) is 0 Å². The first-order valence-electron chi connectivity index (χ1n) is 3.44. The fourth-order valence-electron chi connectivity index (χ4n) is 1.05. The minimum atomic E-state index is 0. The molecule has 0 radical (unpaired) electrons. The van der Waals surface area contributed by atoms with Gasteiger partial charge in [-0.05, 0) is 0 Å². The van der Waals surface area contributed by atoms with Gasteiger partial charge in [0.1, 0.15) is 0 Å². The second-order valence-corrected chi connectivity index (χ2v) is 3.98. The van der Waals surface area contributed by atoms with Crippen molar-refractivity contribution in [1.29, 1.82) is 0 Å². The van der Waals surface area contributed by atoms with Crippen LogP contribution < -0.4 is 0 Å². The Bertz CT molecular complexity index is 161. The molecule has 0 aromatic rings. The van der Waals surface area contributed by atoms with Gasteiger partial charge in [0.05, 0.1) is 0 Å². The summed E-state index contributed by atoms with van der Waals surface area (Å²) in [5.41, 5.74) is 1.56. The van der Waals surface area contributed by atoms with Crippen molar-refractivity contribution in [3.63, 3.8) is 0 Å². The van der Waals surface area contributed by atoms with Gasteiger partial charge in [-0.1, -0.05) is 0 Å². The minimum Gasteiger partial charge on any atom is -0.269 e.